The maximum absolute atomic E-state index is 12.7. The highest BCUT2D eigenvalue weighted by atomic mass is 35.5. The van der Waals surface area contributed by atoms with Crippen LogP contribution in [0.3, 0.4) is 0 Å². The number of nitrogens with zero attached hydrogens (tertiary/aromatic N) is 1. The van der Waals surface area contributed by atoms with E-state index in [-0.39, 0.29) is 5.78 Å². The number of ether oxygens (including phenoxy) is 1. The van der Waals surface area contributed by atoms with E-state index in [1.807, 2.05) is 48.7 Å². The molecule has 2 heterocycles. The third kappa shape index (κ3) is 2.18. The zero-order valence-electron chi connectivity index (χ0n) is 11.9. The van der Waals surface area contributed by atoms with Crippen molar-refractivity contribution in [2.45, 2.75) is 6.42 Å². The second kappa shape index (κ2) is 5.18. The van der Waals surface area contributed by atoms with Crippen molar-refractivity contribution in [3.63, 3.8) is 0 Å². The van der Waals surface area contributed by atoms with E-state index in [1.54, 1.807) is 0 Å². The third-order valence-corrected chi connectivity index (χ3v) is 4.23. The molecule has 4 heteroatoms. The number of allylic oxidation sites excluding steroid dienone is 1. The molecular formula is C18H14ClNO2. The highest BCUT2D eigenvalue weighted by Crippen LogP contribution is 2.42. The average Bonchev–Trinajstić information content (AvgIpc) is 2.54. The molecule has 2 aromatic carbocycles. The fourth-order valence-electron chi connectivity index (χ4n) is 3.05. The van der Waals surface area contributed by atoms with Gasteiger partial charge in [0, 0.05) is 34.8 Å². The summed E-state index contributed by atoms with van der Waals surface area (Å²) in [5.74, 6) is 0.871. The molecule has 110 valence electrons. The number of rotatable bonds is 2. The first-order chi connectivity index (χ1) is 10.7. The summed E-state index contributed by atoms with van der Waals surface area (Å²) in [5, 5.41) is 0.643. The SMILES string of the molecule is O=C(C1=CN2CCOc3cc(Cl)cc(c32)C1)c1ccccc1. The molecule has 2 aromatic rings. The monoisotopic (exact) mass is 311 g/mol. The quantitative estimate of drug-likeness (QED) is 0.789. The van der Waals surface area contributed by atoms with E-state index in [1.165, 1.54) is 0 Å². The van der Waals surface area contributed by atoms with E-state index >= 15 is 0 Å². The number of carbonyl (C=O) groups excluding carboxylic acids is 1. The topological polar surface area (TPSA) is 29.5 Å². The Hall–Kier alpha value is -2.26. The number of carbonyl (C=O) groups is 1. The largest absolute Gasteiger partial charge is 0.489 e. The van der Waals surface area contributed by atoms with E-state index < -0.39 is 0 Å². The number of anilines is 1. The van der Waals surface area contributed by atoms with Crippen LogP contribution in [0.25, 0.3) is 0 Å². The summed E-state index contributed by atoms with van der Waals surface area (Å²) >= 11 is 6.17. The molecule has 0 fully saturated rings. The molecule has 0 bridgehead atoms. The molecule has 2 aliphatic heterocycles. The van der Waals surface area contributed by atoms with Crippen LogP contribution in [0, 0.1) is 0 Å². The van der Waals surface area contributed by atoms with Crippen LogP contribution < -0.4 is 9.64 Å². The predicted molar refractivity (Wildman–Crippen MR) is 86.9 cm³/mol. The van der Waals surface area contributed by atoms with E-state index in [9.17, 15) is 4.79 Å². The highest BCUT2D eigenvalue weighted by molar-refractivity contribution is 6.31. The molecule has 0 amide bonds. The van der Waals surface area contributed by atoms with Crippen LogP contribution in [0.1, 0.15) is 15.9 Å². The predicted octanol–water partition coefficient (Wildman–Crippen LogP) is 3.86. The minimum Gasteiger partial charge on any atom is -0.489 e. The van der Waals surface area contributed by atoms with Crippen molar-refractivity contribution in [1.82, 2.24) is 0 Å². The lowest BCUT2D eigenvalue weighted by molar-refractivity contribution is 0.103. The van der Waals surface area contributed by atoms with Crippen LogP contribution in [-0.2, 0) is 6.42 Å². The molecule has 0 N–H and O–H groups in total. The standard InChI is InChI=1S/C18H14ClNO2/c19-15-9-13-8-14(18(21)12-4-2-1-3-5-12)11-20-6-7-22-16(10-15)17(13)20/h1-5,9-11H,6-8H2. The van der Waals surface area contributed by atoms with Crippen molar-refractivity contribution in [2.75, 3.05) is 18.1 Å². The van der Waals surface area contributed by atoms with Gasteiger partial charge in [0.15, 0.2) is 5.78 Å². The molecule has 0 spiro atoms. The maximum atomic E-state index is 12.7. The van der Waals surface area contributed by atoms with Gasteiger partial charge in [0.25, 0.3) is 0 Å². The van der Waals surface area contributed by atoms with Crippen molar-refractivity contribution >= 4 is 23.1 Å². The summed E-state index contributed by atoms with van der Waals surface area (Å²) in [5.41, 5.74) is 3.59. The Balaban J connectivity index is 1.76. The van der Waals surface area contributed by atoms with E-state index in [0.29, 0.717) is 23.6 Å². The zero-order valence-corrected chi connectivity index (χ0v) is 12.6. The summed E-state index contributed by atoms with van der Waals surface area (Å²) in [6.45, 7) is 1.34. The fraction of sp³-hybridized carbons (Fsp3) is 0.167. The number of benzene rings is 2. The molecule has 4 rings (SSSR count). The third-order valence-electron chi connectivity index (χ3n) is 4.02. The Bertz CT molecular complexity index is 783. The smallest absolute Gasteiger partial charge is 0.190 e. The molecule has 22 heavy (non-hydrogen) atoms. The minimum atomic E-state index is 0.0688. The van der Waals surface area contributed by atoms with Gasteiger partial charge in [0.05, 0.1) is 12.2 Å². The van der Waals surface area contributed by atoms with E-state index in [4.69, 9.17) is 16.3 Å². The second-order valence-electron chi connectivity index (χ2n) is 5.48. The lowest BCUT2D eigenvalue weighted by atomic mass is 9.93. The molecule has 0 aliphatic carbocycles. The van der Waals surface area contributed by atoms with E-state index in [0.717, 1.165) is 29.1 Å². The van der Waals surface area contributed by atoms with Crippen LogP contribution in [0.2, 0.25) is 5.02 Å². The van der Waals surface area contributed by atoms with Gasteiger partial charge in [-0.15, -0.1) is 0 Å². The van der Waals surface area contributed by atoms with Crippen molar-refractivity contribution < 1.29 is 9.53 Å². The maximum Gasteiger partial charge on any atom is 0.190 e. The van der Waals surface area contributed by atoms with Gasteiger partial charge in [0.2, 0.25) is 0 Å². The molecule has 0 saturated heterocycles. The first-order valence-corrected chi connectivity index (χ1v) is 7.62. The van der Waals surface area contributed by atoms with Crippen molar-refractivity contribution in [3.8, 4) is 5.75 Å². The molecule has 2 aliphatic rings. The molecule has 0 saturated carbocycles. The van der Waals surface area contributed by atoms with Gasteiger partial charge in [0.1, 0.15) is 12.4 Å². The van der Waals surface area contributed by atoms with Crippen molar-refractivity contribution in [3.05, 3.63) is 70.4 Å². The fourth-order valence-corrected chi connectivity index (χ4v) is 3.28. The molecule has 0 unspecified atom stereocenters. The van der Waals surface area contributed by atoms with Gasteiger partial charge in [-0.3, -0.25) is 4.79 Å². The molecule has 3 nitrogen and oxygen atoms in total. The summed E-state index contributed by atoms with van der Waals surface area (Å²) in [6.07, 6.45) is 2.54. The Morgan fingerprint density at radius 1 is 1.18 bits per heavy atom. The lowest BCUT2D eigenvalue weighted by Gasteiger charge is -2.34. The van der Waals surface area contributed by atoms with Gasteiger partial charge in [-0.25, -0.2) is 0 Å². The summed E-state index contributed by atoms with van der Waals surface area (Å²) in [6, 6.07) is 13.1. The highest BCUT2D eigenvalue weighted by Gasteiger charge is 2.28. The zero-order chi connectivity index (χ0) is 15.1. The number of ketones is 1. The molecule has 0 aromatic heterocycles. The van der Waals surface area contributed by atoms with Gasteiger partial charge < -0.3 is 9.64 Å². The normalized spacial score (nSPS) is 15.7. The van der Waals surface area contributed by atoms with Crippen LogP contribution in [-0.4, -0.2) is 18.9 Å². The Labute approximate surface area is 133 Å². The minimum absolute atomic E-state index is 0.0688. The van der Waals surface area contributed by atoms with Gasteiger partial charge >= 0.3 is 0 Å². The first-order valence-electron chi connectivity index (χ1n) is 7.25. The Morgan fingerprint density at radius 3 is 2.82 bits per heavy atom. The lowest BCUT2D eigenvalue weighted by Crippen LogP contribution is -2.32. The first kappa shape index (κ1) is 13.4. The van der Waals surface area contributed by atoms with E-state index in [2.05, 4.69) is 4.90 Å². The van der Waals surface area contributed by atoms with Gasteiger partial charge in [-0.2, -0.15) is 0 Å². The van der Waals surface area contributed by atoms with Crippen LogP contribution >= 0.6 is 11.6 Å². The van der Waals surface area contributed by atoms with Gasteiger partial charge in [-0.05, 0) is 11.6 Å². The number of halogens is 1. The number of hydrogen-bond donors (Lipinski definition) is 0. The summed E-state index contributed by atoms with van der Waals surface area (Å²) in [7, 11) is 0. The second-order valence-corrected chi connectivity index (χ2v) is 5.92. The summed E-state index contributed by atoms with van der Waals surface area (Å²) < 4.78 is 5.69. The number of hydrogen-bond acceptors (Lipinski definition) is 3. The summed E-state index contributed by atoms with van der Waals surface area (Å²) in [4.78, 5) is 14.8. The van der Waals surface area contributed by atoms with Crippen molar-refractivity contribution in [2.24, 2.45) is 0 Å². The molecular weight excluding hydrogens is 298 g/mol. The van der Waals surface area contributed by atoms with Crippen LogP contribution in [0.4, 0.5) is 5.69 Å². The average molecular weight is 312 g/mol. The molecule has 0 atom stereocenters. The Morgan fingerprint density at radius 2 is 2.00 bits per heavy atom. The Kier molecular flexibility index (Phi) is 3.16. The van der Waals surface area contributed by atoms with Gasteiger partial charge in [-0.1, -0.05) is 41.9 Å². The molecule has 0 radical (unpaired) electrons. The van der Waals surface area contributed by atoms with Crippen molar-refractivity contribution in [1.29, 1.82) is 0 Å². The van der Waals surface area contributed by atoms with Crippen LogP contribution in [0.5, 0.6) is 5.75 Å². The number of Topliss-reactive ketones (excluding diaryl/α,β-unsaturated/α-hetero) is 1. The van der Waals surface area contributed by atoms with Crippen LogP contribution in [0.15, 0.2) is 54.2 Å².